The Balaban J connectivity index is 1.35. The number of hydrazone groups is 1. The number of hydrogen-bond acceptors (Lipinski definition) is 6. The zero-order valence-electron chi connectivity index (χ0n) is 21.5. The normalized spacial score (nSPS) is 11.5. The average molecular weight is 556 g/mol. The molecule has 0 spiro atoms. The van der Waals surface area contributed by atoms with Gasteiger partial charge in [-0.05, 0) is 73.2 Å². The van der Waals surface area contributed by atoms with Crippen molar-refractivity contribution in [2.24, 2.45) is 5.10 Å². The maximum Gasteiger partial charge on any atom is 0.250 e. The molecule has 7 nitrogen and oxygen atoms in total. The summed E-state index contributed by atoms with van der Waals surface area (Å²) in [5.74, 6) is 1.29. The molecule has 0 fully saturated rings. The molecule has 0 bridgehead atoms. The molecule has 1 aromatic heterocycles. The Morgan fingerprint density at radius 3 is 2.49 bits per heavy atom. The predicted molar refractivity (Wildman–Crippen MR) is 158 cm³/mol. The molecule has 5 aromatic rings. The quantitative estimate of drug-likeness (QED) is 0.123. The van der Waals surface area contributed by atoms with Crippen LogP contribution in [0.2, 0.25) is 5.02 Å². The van der Waals surface area contributed by atoms with E-state index in [-0.39, 0.29) is 11.7 Å². The third-order valence-electron chi connectivity index (χ3n) is 6.00. The Kier molecular flexibility index (Phi) is 8.24. The topological polar surface area (TPSA) is 81.4 Å². The Labute approximate surface area is 235 Å². The van der Waals surface area contributed by atoms with Gasteiger partial charge >= 0.3 is 0 Å². The summed E-state index contributed by atoms with van der Waals surface area (Å²) >= 11 is 7.38. The van der Waals surface area contributed by atoms with Gasteiger partial charge in [0.2, 0.25) is 0 Å². The number of fused-ring (bicyclic) bond motifs is 1. The van der Waals surface area contributed by atoms with Crippen LogP contribution < -0.4 is 10.2 Å². The van der Waals surface area contributed by atoms with Gasteiger partial charge in [0, 0.05) is 21.8 Å². The van der Waals surface area contributed by atoms with Crippen LogP contribution in [0.25, 0.3) is 27.8 Å². The summed E-state index contributed by atoms with van der Waals surface area (Å²) < 4.78 is 7.51. The van der Waals surface area contributed by atoms with E-state index in [2.05, 4.69) is 32.9 Å². The van der Waals surface area contributed by atoms with E-state index in [1.807, 2.05) is 97.3 Å². The highest BCUT2D eigenvalue weighted by molar-refractivity contribution is 7.99. The van der Waals surface area contributed by atoms with Gasteiger partial charge in [-0.15, -0.1) is 10.2 Å². The Morgan fingerprint density at radius 2 is 1.72 bits per heavy atom. The molecule has 4 aromatic carbocycles. The third kappa shape index (κ3) is 6.13. The molecule has 196 valence electrons. The number of rotatable bonds is 9. The zero-order valence-corrected chi connectivity index (χ0v) is 23.0. The lowest BCUT2D eigenvalue weighted by Gasteiger charge is -2.11. The predicted octanol–water partition coefficient (Wildman–Crippen LogP) is 6.77. The van der Waals surface area contributed by atoms with Crippen LogP contribution in [0.4, 0.5) is 0 Å². The smallest absolute Gasteiger partial charge is 0.250 e. The maximum atomic E-state index is 12.8. The number of amides is 1. The van der Waals surface area contributed by atoms with Crippen LogP contribution in [0.1, 0.15) is 19.4 Å². The Bertz CT molecular complexity index is 1630. The van der Waals surface area contributed by atoms with E-state index in [0.29, 0.717) is 22.6 Å². The molecule has 0 unspecified atom stereocenters. The van der Waals surface area contributed by atoms with E-state index < -0.39 is 0 Å². The number of ether oxygens (including phenoxy) is 1. The molecule has 39 heavy (non-hydrogen) atoms. The SMILES string of the molecule is CCOc1ccc(-n2c(SCC(=O)N/N=C(/C)c3cccc4ccccc34)nnc2-c2ccc(Cl)cc2)cc1. The van der Waals surface area contributed by atoms with E-state index in [9.17, 15) is 4.79 Å². The number of carbonyl (C=O) groups is 1. The van der Waals surface area contributed by atoms with Crippen LogP contribution in [-0.2, 0) is 4.79 Å². The first kappa shape index (κ1) is 26.5. The van der Waals surface area contributed by atoms with Crippen LogP contribution >= 0.6 is 23.4 Å². The molecule has 0 aliphatic heterocycles. The summed E-state index contributed by atoms with van der Waals surface area (Å²) in [5.41, 5.74) is 6.09. The van der Waals surface area contributed by atoms with Crippen LogP contribution in [0.3, 0.4) is 0 Å². The minimum Gasteiger partial charge on any atom is -0.494 e. The molecular formula is C30H26ClN5O2S. The molecule has 0 aliphatic rings. The van der Waals surface area contributed by atoms with Crippen molar-refractivity contribution in [3.05, 3.63) is 102 Å². The van der Waals surface area contributed by atoms with Crippen molar-refractivity contribution < 1.29 is 9.53 Å². The molecule has 0 saturated carbocycles. The number of nitrogens with zero attached hydrogens (tertiary/aromatic N) is 4. The first-order valence-electron chi connectivity index (χ1n) is 12.4. The number of benzene rings is 4. The van der Waals surface area contributed by atoms with Crippen molar-refractivity contribution in [3.8, 4) is 22.8 Å². The lowest BCUT2D eigenvalue weighted by molar-refractivity contribution is -0.118. The van der Waals surface area contributed by atoms with Gasteiger partial charge in [0.15, 0.2) is 11.0 Å². The summed E-state index contributed by atoms with van der Waals surface area (Å²) in [7, 11) is 0. The number of aromatic nitrogens is 3. The Morgan fingerprint density at radius 1 is 0.974 bits per heavy atom. The number of thioether (sulfide) groups is 1. The fraction of sp³-hybridized carbons (Fsp3) is 0.133. The number of nitrogens with one attached hydrogen (secondary N) is 1. The first-order valence-corrected chi connectivity index (χ1v) is 13.8. The van der Waals surface area contributed by atoms with Gasteiger partial charge < -0.3 is 4.74 Å². The minimum absolute atomic E-state index is 0.113. The van der Waals surface area contributed by atoms with Gasteiger partial charge in [-0.25, -0.2) is 5.43 Å². The zero-order chi connectivity index (χ0) is 27.2. The lowest BCUT2D eigenvalue weighted by Crippen LogP contribution is -2.21. The molecule has 1 heterocycles. The first-order chi connectivity index (χ1) is 19.0. The van der Waals surface area contributed by atoms with E-state index in [1.165, 1.54) is 11.8 Å². The molecular weight excluding hydrogens is 530 g/mol. The van der Waals surface area contributed by atoms with E-state index in [4.69, 9.17) is 16.3 Å². The largest absolute Gasteiger partial charge is 0.494 e. The average Bonchev–Trinajstić information content (AvgIpc) is 3.39. The summed E-state index contributed by atoms with van der Waals surface area (Å²) in [6.07, 6.45) is 0. The van der Waals surface area contributed by atoms with Crippen LogP contribution in [-0.4, -0.2) is 38.7 Å². The van der Waals surface area contributed by atoms with Gasteiger partial charge in [0.05, 0.1) is 18.1 Å². The highest BCUT2D eigenvalue weighted by Crippen LogP contribution is 2.29. The fourth-order valence-corrected chi connectivity index (χ4v) is 5.02. The monoisotopic (exact) mass is 555 g/mol. The molecule has 9 heteroatoms. The molecule has 0 radical (unpaired) electrons. The van der Waals surface area contributed by atoms with E-state index >= 15 is 0 Å². The Hall–Kier alpha value is -4.14. The summed E-state index contributed by atoms with van der Waals surface area (Å²) in [6, 6.07) is 29.2. The second kappa shape index (κ2) is 12.1. The van der Waals surface area contributed by atoms with Crippen molar-refractivity contribution in [2.75, 3.05) is 12.4 Å². The summed E-state index contributed by atoms with van der Waals surface area (Å²) in [6.45, 7) is 4.41. The molecule has 1 N–H and O–H groups in total. The van der Waals surface area contributed by atoms with Crippen molar-refractivity contribution in [3.63, 3.8) is 0 Å². The lowest BCUT2D eigenvalue weighted by atomic mass is 10.0. The van der Waals surface area contributed by atoms with Gasteiger partial charge in [0.25, 0.3) is 5.91 Å². The van der Waals surface area contributed by atoms with Crippen molar-refractivity contribution >= 4 is 45.8 Å². The van der Waals surface area contributed by atoms with Crippen LogP contribution in [0, 0.1) is 0 Å². The molecule has 5 rings (SSSR count). The molecule has 0 saturated heterocycles. The van der Waals surface area contributed by atoms with Crippen molar-refractivity contribution in [2.45, 2.75) is 19.0 Å². The maximum absolute atomic E-state index is 12.8. The second-order valence-corrected chi connectivity index (χ2v) is 10.0. The highest BCUT2D eigenvalue weighted by Gasteiger charge is 2.18. The highest BCUT2D eigenvalue weighted by atomic mass is 35.5. The summed E-state index contributed by atoms with van der Waals surface area (Å²) in [4.78, 5) is 12.8. The molecule has 0 aliphatic carbocycles. The van der Waals surface area contributed by atoms with Crippen molar-refractivity contribution in [1.82, 2.24) is 20.2 Å². The minimum atomic E-state index is -0.242. The fourth-order valence-electron chi connectivity index (χ4n) is 4.15. The van der Waals surface area contributed by atoms with Crippen molar-refractivity contribution in [1.29, 1.82) is 0 Å². The third-order valence-corrected chi connectivity index (χ3v) is 7.18. The van der Waals surface area contributed by atoms with Gasteiger partial charge in [-0.3, -0.25) is 9.36 Å². The van der Waals surface area contributed by atoms with Gasteiger partial charge in [-0.2, -0.15) is 5.10 Å². The number of carbonyl (C=O) groups excluding carboxylic acids is 1. The standard InChI is InChI=1S/C30H26ClN5O2S/c1-3-38-25-17-15-24(16-18-25)36-29(22-11-13-23(31)14-12-22)34-35-30(36)39-19-28(37)33-32-20(2)26-10-6-8-21-7-4-5-9-27(21)26/h4-18H,3,19H2,1-2H3,(H,33,37)/b32-20-. The number of halogens is 1. The van der Waals surface area contributed by atoms with E-state index in [1.54, 1.807) is 0 Å². The van der Waals surface area contributed by atoms with Crippen LogP contribution in [0.5, 0.6) is 5.75 Å². The molecule has 0 atom stereocenters. The summed E-state index contributed by atoms with van der Waals surface area (Å²) in [5, 5.41) is 16.6. The van der Waals surface area contributed by atoms with Gasteiger partial charge in [-0.1, -0.05) is 65.8 Å². The van der Waals surface area contributed by atoms with E-state index in [0.717, 1.165) is 39.0 Å². The molecule has 1 amide bonds. The second-order valence-electron chi connectivity index (χ2n) is 8.62. The van der Waals surface area contributed by atoms with Gasteiger partial charge in [0.1, 0.15) is 5.75 Å². The number of hydrogen-bond donors (Lipinski definition) is 1. The van der Waals surface area contributed by atoms with Crippen LogP contribution in [0.15, 0.2) is 101 Å².